The van der Waals surface area contributed by atoms with Crippen LogP contribution in [0.2, 0.25) is 0 Å². The molecule has 0 aromatic heterocycles. The van der Waals surface area contributed by atoms with Crippen LogP contribution < -0.4 is 0 Å². The Bertz CT molecular complexity index is 103. The van der Waals surface area contributed by atoms with Crippen LogP contribution in [-0.2, 0) is 0 Å². The lowest BCUT2D eigenvalue weighted by Gasteiger charge is -2.11. The zero-order chi connectivity index (χ0) is 8.53. The molecular formula is C11H20. The van der Waals surface area contributed by atoms with E-state index in [1.54, 1.807) is 0 Å². The SMILES string of the molecule is C=CCCC(CC=C)CCC. The van der Waals surface area contributed by atoms with Gasteiger partial charge in [0.15, 0.2) is 0 Å². The molecule has 0 N–H and O–H groups in total. The van der Waals surface area contributed by atoms with Crippen LogP contribution >= 0.6 is 0 Å². The van der Waals surface area contributed by atoms with Gasteiger partial charge in [0.25, 0.3) is 0 Å². The third-order valence-corrected chi connectivity index (χ3v) is 1.98. The van der Waals surface area contributed by atoms with E-state index in [-0.39, 0.29) is 0 Å². The van der Waals surface area contributed by atoms with Crippen molar-refractivity contribution in [2.45, 2.75) is 39.0 Å². The van der Waals surface area contributed by atoms with Gasteiger partial charge in [0.1, 0.15) is 0 Å². The van der Waals surface area contributed by atoms with Crippen molar-refractivity contribution >= 4 is 0 Å². The fourth-order valence-corrected chi connectivity index (χ4v) is 1.38. The lowest BCUT2D eigenvalue weighted by molar-refractivity contribution is 0.454. The van der Waals surface area contributed by atoms with Gasteiger partial charge in [-0.25, -0.2) is 0 Å². The van der Waals surface area contributed by atoms with Crippen LogP contribution in [0.15, 0.2) is 25.3 Å². The maximum absolute atomic E-state index is 3.76. The van der Waals surface area contributed by atoms with Gasteiger partial charge < -0.3 is 0 Å². The summed E-state index contributed by atoms with van der Waals surface area (Å²) in [5.41, 5.74) is 0. The van der Waals surface area contributed by atoms with Gasteiger partial charge in [-0.3, -0.25) is 0 Å². The summed E-state index contributed by atoms with van der Waals surface area (Å²) < 4.78 is 0. The number of rotatable bonds is 7. The summed E-state index contributed by atoms with van der Waals surface area (Å²) in [6, 6.07) is 0. The second kappa shape index (κ2) is 7.59. The van der Waals surface area contributed by atoms with Crippen molar-refractivity contribution < 1.29 is 0 Å². The lowest BCUT2D eigenvalue weighted by atomic mass is 9.95. The van der Waals surface area contributed by atoms with Crippen LogP contribution in [0.4, 0.5) is 0 Å². The first-order chi connectivity index (χ1) is 5.35. The first kappa shape index (κ1) is 10.5. The molecule has 0 rings (SSSR count). The van der Waals surface area contributed by atoms with Gasteiger partial charge in [-0.15, -0.1) is 13.2 Å². The van der Waals surface area contributed by atoms with E-state index in [1.807, 2.05) is 12.2 Å². The first-order valence-corrected chi connectivity index (χ1v) is 4.56. The zero-order valence-corrected chi connectivity index (χ0v) is 7.68. The highest BCUT2D eigenvalue weighted by Gasteiger charge is 2.03. The molecule has 0 saturated heterocycles. The highest BCUT2D eigenvalue weighted by atomic mass is 14.1. The van der Waals surface area contributed by atoms with E-state index < -0.39 is 0 Å². The fraction of sp³-hybridized carbons (Fsp3) is 0.636. The van der Waals surface area contributed by atoms with Gasteiger partial charge in [0, 0.05) is 0 Å². The van der Waals surface area contributed by atoms with E-state index in [4.69, 9.17) is 0 Å². The van der Waals surface area contributed by atoms with Gasteiger partial charge in [-0.1, -0.05) is 31.9 Å². The standard InChI is InChI=1S/C11H20/c1-4-7-10-11(8-5-2)9-6-3/h4-5,11H,1-2,6-10H2,3H3. The number of allylic oxidation sites excluding steroid dienone is 2. The van der Waals surface area contributed by atoms with Crippen LogP contribution in [0.25, 0.3) is 0 Å². The lowest BCUT2D eigenvalue weighted by Crippen LogP contribution is -1.97. The van der Waals surface area contributed by atoms with Crippen molar-refractivity contribution in [1.29, 1.82) is 0 Å². The topological polar surface area (TPSA) is 0 Å². The fourth-order valence-electron chi connectivity index (χ4n) is 1.38. The van der Waals surface area contributed by atoms with Gasteiger partial charge in [-0.2, -0.15) is 0 Å². The van der Waals surface area contributed by atoms with Crippen molar-refractivity contribution in [2.24, 2.45) is 5.92 Å². The molecule has 0 radical (unpaired) electrons. The summed E-state index contributed by atoms with van der Waals surface area (Å²) in [5, 5.41) is 0. The molecule has 0 fully saturated rings. The highest BCUT2D eigenvalue weighted by molar-refractivity contribution is 4.76. The third-order valence-electron chi connectivity index (χ3n) is 1.98. The van der Waals surface area contributed by atoms with Crippen molar-refractivity contribution in [3.05, 3.63) is 25.3 Å². The van der Waals surface area contributed by atoms with Crippen molar-refractivity contribution in [2.75, 3.05) is 0 Å². The summed E-state index contributed by atoms with van der Waals surface area (Å²) in [6.07, 6.45) is 10.3. The molecule has 11 heavy (non-hydrogen) atoms. The van der Waals surface area contributed by atoms with Gasteiger partial charge in [-0.05, 0) is 25.2 Å². The molecule has 0 bridgehead atoms. The second-order valence-corrected chi connectivity index (χ2v) is 3.05. The predicted molar refractivity (Wildman–Crippen MR) is 52.6 cm³/mol. The Labute approximate surface area is 71.0 Å². The molecule has 0 aliphatic heterocycles. The molecule has 0 aliphatic rings. The highest BCUT2D eigenvalue weighted by Crippen LogP contribution is 2.17. The molecule has 0 saturated carbocycles. The Hall–Kier alpha value is -0.520. The molecule has 0 aromatic carbocycles. The van der Waals surface area contributed by atoms with E-state index >= 15 is 0 Å². The Morgan fingerprint density at radius 2 is 1.91 bits per heavy atom. The molecule has 0 amide bonds. The number of hydrogen-bond acceptors (Lipinski definition) is 0. The average Bonchev–Trinajstić information content (AvgIpc) is 2.01. The van der Waals surface area contributed by atoms with Gasteiger partial charge in [0.2, 0.25) is 0 Å². The quantitative estimate of drug-likeness (QED) is 0.485. The summed E-state index contributed by atoms with van der Waals surface area (Å²) in [4.78, 5) is 0. The summed E-state index contributed by atoms with van der Waals surface area (Å²) in [7, 11) is 0. The van der Waals surface area contributed by atoms with Crippen molar-refractivity contribution in [3.63, 3.8) is 0 Å². The second-order valence-electron chi connectivity index (χ2n) is 3.05. The van der Waals surface area contributed by atoms with Crippen LogP contribution in [0.3, 0.4) is 0 Å². The predicted octanol–water partition coefficient (Wildman–Crippen LogP) is 3.95. The summed E-state index contributed by atoms with van der Waals surface area (Å²) in [6.45, 7) is 9.73. The van der Waals surface area contributed by atoms with E-state index in [0.717, 1.165) is 12.3 Å². The van der Waals surface area contributed by atoms with Crippen LogP contribution in [0.5, 0.6) is 0 Å². The minimum absolute atomic E-state index is 0.843. The summed E-state index contributed by atoms with van der Waals surface area (Å²) >= 11 is 0. The Balaban J connectivity index is 3.49. The normalized spacial score (nSPS) is 12.5. The first-order valence-electron chi connectivity index (χ1n) is 4.56. The average molecular weight is 152 g/mol. The van der Waals surface area contributed by atoms with Gasteiger partial charge in [0.05, 0.1) is 0 Å². The van der Waals surface area contributed by atoms with E-state index in [2.05, 4.69) is 20.1 Å². The molecule has 64 valence electrons. The van der Waals surface area contributed by atoms with E-state index in [1.165, 1.54) is 25.7 Å². The minimum atomic E-state index is 0.843. The van der Waals surface area contributed by atoms with Crippen LogP contribution in [-0.4, -0.2) is 0 Å². The Morgan fingerprint density at radius 3 is 2.36 bits per heavy atom. The zero-order valence-electron chi connectivity index (χ0n) is 7.68. The summed E-state index contributed by atoms with van der Waals surface area (Å²) in [5.74, 6) is 0.843. The number of hydrogen-bond donors (Lipinski definition) is 0. The smallest absolute Gasteiger partial charge is 0.0325 e. The van der Waals surface area contributed by atoms with Crippen LogP contribution in [0, 0.1) is 5.92 Å². The van der Waals surface area contributed by atoms with Gasteiger partial charge >= 0.3 is 0 Å². The molecule has 0 spiro atoms. The largest absolute Gasteiger partial charge is 0.103 e. The Morgan fingerprint density at radius 1 is 1.18 bits per heavy atom. The van der Waals surface area contributed by atoms with E-state index in [9.17, 15) is 0 Å². The van der Waals surface area contributed by atoms with Crippen molar-refractivity contribution in [3.8, 4) is 0 Å². The molecular weight excluding hydrogens is 132 g/mol. The molecule has 0 aromatic rings. The maximum Gasteiger partial charge on any atom is -0.0325 e. The molecule has 0 aliphatic carbocycles. The third kappa shape index (κ3) is 5.90. The maximum atomic E-state index is 3.76. The van der Waals surface area contributed by atoms with Crippen LogP contribution in [0.1, 0.15) is 39.0 Å². The molecule has 0 heteroatoms. The molecule has 1 atom stereocenters. The molecule has 0 heterocycles. The minimum Gasteiger partial charge on any atom is -0.103 e. The Kier molecular flexibility index (Phi) is 7.23. The van der Waals surface area contributed by atoms with Crippen molar-refractivity contribution in [1.82, 2.24) is 0 Å². The van der Waals surface area contributed by atoms with E-state index in [0.29, 0.717) is 0 Å². The molecule has 1 unspecified atom stereocenters. The molecule has 0 nitrogen and oxygen atoms in total. The monoisotopic (exact) mass is 152 g/mol.